The number of carbonyl (C=O) groups excluding carboxylic acids is 2. The first-order chi connectivity index (χ1) is 18.1. The number of halogens is 4. The standard InChI is InChI=1S/C26H26F4N4O4/c1-2-8-38-22-11-19(6-7-20(22)27)34-21(12-23(33-34)32-25(36)18-10-24(35)31-13-18)17-5-3-4-16(9-17)14-37-15-26(28,29)30/h3-7,9,11-12,18H,2,8,10,13-15H2,1H3,(H,31,35)(H,32,33,36)/t18-/m0/s1. The number of alkyl halides is 3. The number of rotatable bonds is 10. The highest BCUT2D eigenvalue weighted by Crippen LogP contribution is 2.30. The van der Waals surface area contributed by atoms with Crippen LogP contribution in [0.15, 0.2) is 48.5 Å². The highest BCUT2D eigenvalue weighted by atomic mass is 19.4. The van der Waals surface area contributed by atoms with Crippen LogP contribution in [0.25, 0.3) is 16.9 Å². The molecular weight excluding hydrogens is 508 g/mol. The second kappa shape index (κ2) is 11.6. The molecule has 202 valence electrons. The van der Waals surface area contributed by atoms with Crippen LogP contribution in [0, 0.1) is 11.7 Å². The van der Waals surface area contributed by atoms with E-state index in [1.165, 1.54) is 22.9 Å². The molecule has 0 radical (unpaired) electrons. The summed E-state index contributed by atoms with van der Waals surface area (Å²) in [7, 11) is 0. The van der Waals surface area contributed by atoms with Gasteiger partial charge in [0.25, 0.3) is 0 Å². The van der Waals surface area contributed by atoms with Crippen LogP contribution in [0.4, 0.5) is 23.4 Å². The Morgan fingerprint density at radius 2 is 2.03 bits per heavy atom. The maximum Gasteiger partial charge on any atom is 0.411 e. The predicted octanol–water partition coefficient (Wildman–Crippen LogP) is 4.62. The molecule has 0 aliphatic carbocycles. The van der Waals surface area contributed by atoms with Gasteiger partial charge in [-0.1, -0.05) is 25.1 Å². The van der Waals surface area contributed by atoms with Crippen LogP contribution in [0.3, 0.4) is 0 Å². The quantitative estimate of drug-likeness (QED) is 0.370. The zero-order valence-corrected chi connectivity index (χ0v) is 20.5. The van der Waals surface area contributed by atoms with Crippen molar-refractivity contribution in [1.82, 2.24) is 15.1 Å². The van der Waals surface area contributed by atoms with Crippen molar-refractivity contribution in [2.45, 2.75) is 32.5 Å². The Morgan fingerprint density at radius 3 is 2.74 bits per heavy atom. The van der Waals surface area contributed by atoms with Gasteiger partial charge in [0.2, 0.25) is 11.8 Å². The Balaban J connectivity index is 1.67. The van der Waals surface area contributed by atoms with Gasteiger partial charge in [-0.3, -0.25) is 9.59 Å². The molecule has 2 amide bonds. The molecule has 1 atom stereocenters. The topological polar surface area (TPSA) is 94.5 Å². The summed E-state index contributed by atoms with van der Waals surface area (Å²) in [5, 5.41) is 9.80. The molecule has 38 heavy (non-hydrogen) atoms. The normalized spacial score (nSPS) is 15.4. The molecule has 1 aromatic heterocycles. The Morgan fingerprint density at radius 1 is 1.21 bits per heavy atom. The van der Waals surface area contributed by atoms with Crippen molar-refractivity contribution in [2.75, 3.05) is 25.1 Å². The summed E-state index contributed by atoms with van der Waals surface area (Å²) < 4.78 is 63.6. The maximum atomic E-state index is 14.3. The van der Waals surface area contributed by atoms with Gasteiger partial charge in [0, 0.05) is 30.7 Å². The largest absolute Gasteiger partial charge is 0.490 e. The van der Waals surface area contributed by atoms with E-state index in [2.05, 4.69) is 15.7 Å². The van der Waals surface area contributed by atoms with E-state index in [1.54, 1.807) is 30.3 Å². The van der Waals surface area contributed by atoms with Crippen molar-refractivity contribution in [3.63, 3.8) is 0 Å². The van der Waals surface area contributed by atoms with Crippen LogP contribution < -0.4 is 15.4 Å². The monoisotopic (exact) mass is 534 g/mol. The summed E-state index contributed by atoms with van der Waals surface area (Å²) in [6.07, 6.45) is -3.70. The third kappa shape index (κ3) is 6.88. The molecule has 4 rings (SSSR count). The smallest absolute Gasteiger partial charge is 0.411 e. The molecule has 2 heterocycles. The van der Waals surface area contributed by atoms with E-state index in [0.29, 0.717) is 35.5 Å². The average molecular weight is 535 g/mol. The van der Waals surface area contributed by atoms with Crippen LogP contribution >= 0.6 is 0 Å². The number of benzene rings is 2. The molecule has 2 N–H and O–H groups in total. The number of aromatic nitrogens is 2. The van der Waals surface area contributed by atoms with Gasteiger partial charge in [-0.15, -0.1) is 5.10 Å². The Hall–Kier alpha value is -3.93. The van der Waals surface area contributed by atoms with E-state index >= 15 is 0 Å². The van der Waals surface area contributed by atoms with Crippen molar-refractivity contribution >= 4 is 17.6 Å². The summed E-state index contributed by atoms with van der Waals surface area (Å²) in [6.45, 7) is 0.774. The zero-order chi connectivity index (χ0) is 27.3. The molecule has 12 heteroatoms. The second-order valence-corrected chi connectivity index (χ2v) is 8.79. The zero-order valence-electron chi connectivity index (χ0n) is 20.5. The van der Waals surface area contributed by atoms with E-state index < -0.39 is 24.5 Å². The van der Waals surface area contributed by atoms with Crippen LogP contribution in [-0.4, -0.2) is 47.5 Å². The minimum Gasteiger partial charge on any atom is -0.490 e. The fourth-order valence-corrected chi connectivity index (χ4v) is 3.91. The second-order valence-electron chi connectivity index (χ2n) is 8.79. The van der Waals surface area contributed by atoms with Gasteiger partial charge < -0.3 is 20.1 Å². The number of amides is 2. The fraction of sp³-hybridized carbons (Fsp3) is 0.346. The van der Waals surface area contributed by atoms with Crippen molar-refractivity contribution < 1.29 is 36.6 Å². The molecule has 1 saturated heterocycles. The highest BCUT2D eigenvalue weighted by molar-refractivity contribution is 5.97. The molecule has 8 nitrogen and oxygen atoms in total. The lowest BCUT2D eigenvalue weighted by Gasteiger charge is -2.12. The first-order valence-corrected chi connectivity index (χ1v) is 12.0. The molecule has 0 bridgehead atoms. The first-order valence-electron chi connectivity index (χ1n) is 12.0. The van der Waals surface area contributed by atoms with Gasteiger partial charge in [-0.2, -0.15) is 13.2 Å². The number of nitrogens with one attached hydrogen (secondary N) is 2. The third-order valence-electron chi connectivity index (χ3n) is 5.69. The average Bonchev–Trinajstić information content (AvgIpc) is 3.49. The van der Waals surface area contributed by atoms with Crippen LogP contribution in [0.2, 0.25) is 0 Å². The van der Waals surface area contributed by atoms with Crippen molar-refractivity contribution in [3.8, 4) is 22.7 Å². The highest BCUT2D eigenvalue weighted by Gasteiger charge is 2.29. The summed E-state index contributed by atoms with van der Waals surface area (Å²) in [5.74, 6) is -1.49. The van der Waals surface area contributed by atoms with Gasteiger partial charge in [0.15, 0.2) is 17.4 Å². The molecule has 0 spiro atoms. The van der Waals surface area contributed by atoms with E-state index in [9.17, 15) is 27.2 Å². The Labute approximate surface area is 215 Å². The number of nitrogens with zero attached hydrogens (tertiary/aromatic N) is 2. The molecule has 0 saturated carbocycles. The molecule has 0 unspecified atom stereocenters. The predicted molar refractivity (Wildman–Crippen MR) is 130 cm³/mol. The van der Waals surface area contributed by atoms with E-state index in [0.717, 1.165) is 0 Å². The summed E-state index contributed by atoms with van der Waals surface area (Å²) in [4.78, 5) is 24.2. The van der Waals surface area contributed by atoms with E-state index in [4.69, 9.17) is 9.47 Å². The Kier molecular flexibility index (Phi) is 8.30. The van der Waals surface area contributed by atoms with Gasteiger partial charge in [0.1, 0.15) is 6.61 Å². The summed E-state index contributed by atoms with van der Waals surface area (Å²) in [6, 6.07) is 12.5. The van der Waals surface area contributed by atoms with E-state index in [1.807, 2.05) is 6.92 Å². The third-order valence-corrected chi connectivity index (χ3v) is 5.69. The van der Waals surface area contributed by atoms with Crippen molar-refractivity contribution in [2.24, 2.45) is 5.92 Å². The van der Waals surface area contributed by atoms with Gasteiger partial charge >= 0.3 is 6.18 Å². The molecule has 1 aliphatic rings. The van der Waals surface area contributed by atoms with Crippen LogP contribution in [0.5, 0.6) is 5.75 Å². The Bertz CT molecular complexity index is 1310. The van der Waals surface area contributed by atoms with Gasteiger partial charge in [-0.05, 0) is 30.2 Å². The first kappa shape index (κ1) is 27.1. The lowest BCUT2D eigenvalue weighted by atomic mass is 10.1. The summed E-state index contributed by atoms with van der Waals surface area (Å²) in [5.41, 5.74) is 1.98. The SMILES string of the molecule is CCCOc1cc(-n2nc(NC(=O)[C@@H]3CNC(=O)C3)cc2-c2cccc(COCC(F)(F)F)c2)ccc1F. The van der Waals surface area contributed by atoms with Crippen molar-refractivity contribution in [1.29, 1.82) is 0 Å². The number of anilines is 1. The molecular formula is C26H26F4N4O4. The number of hydrogen-bond acceptors (Lipinski definition) is 5. The summed E-state index contributed by atoms with van der Waals surface area (Å²) >= 11 is 0. The van der Waals surface area contributed by atoms with Crippen molar-refractivity contribution in [3.05, 3.63) is 59.9 Å². The number of carbonyl (C=O) groups is 2. The molecule has 3 aromatic rings. The molecule has 1 fully saturated rings. The van der Waals surface area contributed by atoms with Crippen LogP contribution in [0.1, 0.15) is 25.3 Å². The molecule has 2 aromatic carbocycles. The minimum absolute atomic E-state index is 0.0289. The lowest BCUT2D eigenvalue weighted by Crippen LogP contribution is -2.24. The van der Waals surface area contributed by atoms with Crippen LogP contribution in [-0.2, 0) is 20.9 Å². The fourth-order valence-electron chi connectivity index (χ4n) is 3.91. The number of ether oxygens (including phenoxy) is 2. The van der Waals surface area contributed by atoms with E-state index in [-0.39, 0.29) is 43.0 Å². The lowest BCUT2D eigenvalue weighted by molar-refractivity contribution is -0.176. The van der Waals surface area contributed by atoms with Gasteiger partial charge in [0.05, 0.1) is 30.5 Å². The van der Waals surface area contributed by atoms with Gasteiger partial charge in [-0.25, -0.2) is 9.07 Å². The maximum absolute atomic E-state index is 14.3. The number of hydrogen-bond donors (Lipinski definition) is 2. The molecule has 1 aliphatic heterocycles. The minimum atomic E-state index is -4.44.